The maximum absolute atomic E-state index is 12.7. The fourth-order valence-corrected chi connectivity index (χ4v) is 8.71. The lowest BCUT2D eigenvalue weighted by molar-refractivity contribution is -0.139. The molecule has 4 N–H and O–H groups in total. The van der Waals surface area contributed by atoms with Gasteiger partial charge in [-0.05, 0) is 104 Å². The first-order chi connectivity index (χ1) is 20.5. The molecule has 2 atom stereocenters. The summed E-state index contributed by atoms with van der Waals surface area (Å²) in [6.45, 7) is 11.0. The summed E-state index contributed by atoms with van der Waals surface area (Å²) in [6.07, 6.45) is 8.62. The third-order valence-electron chi connectivity index (χ3n) is 8.16. The second kappa shape index (κ2) is 18.4. The SMILES string of the molecule is CC(C)(C)OC(=O)NC(CSSCC(CC1CCC(CC(=O)O)CC1)NC(=O)OC(C)(C)C)CC1CCC(CC(=O)O)CC1. The standard InChI is InChI=1S/C32H56N2O8S2/c1-31(2,3)41-29(39)33-25(15-21-7-11-23(12-8-21)17-27(35)36)19-43-44-20-26(34-30(40)42-32(4,5)6)16-22-9-13-24(14-10-22)18-28(37)38/h21-26H,7-20H2,1-6H3,(H,33,39)(H,34,40)(H,35,36)(H,37,38). The molecule has 44 heavy (non-hydrogen) atoms. The van der Waals surface area contributed by atoms with Gasteiger partial charge >= 0.3 is 24.1 Å². The van der Waals surface area contributed by atoms with Gasteiger partial charge in [0.1, 0.15) is 11.2 Å². The van der Waals surface area contributed by atoms with Gasteiger partial charge in [-0.2, -0.15) is 0 Å². The van der Waals surface area contributed by atoms with E-state index < -0.39 is 35.3 Å². The molecule has 0 saturated heterocycles. The van der Waals surface area contributed by atoms with E-state index in [9.17, 15) is 19.2 Å². The quantitative estimate of drug-likeness (QED) is 0.103. The molecule has 2 fully saturated rings. The minimum absolute atomic E-state index is 0.0925. The average Bonchev–Trinajstić information content (AvgIpc) is 2.86. The smallest absolute Gasteiger partial charge is 0.407 e. The lowest BCUT2D eigenvalue weighted by Gasteiger charge is -2.32. The van der Waals surface area contributed by atoms with Crippen LogP contribution in [0, 0.1) is 23.7 Å². The number of carbonyl (C=O) groups excluding carboxylic acids is 2. The van der Waals surface area contributed by atoms with Crippen molar-refractivity contribution in [2.24, 2.45) is 23.7 Å². The molecule has 0 spiro atoms. The van der Waals surface area contributed by atoms with E-state index in [2.05, 4.69) is 10.6 Å². The highest BCUT2D eigenvalue weighted by molar-refractivity contribution is 8.76. The van der Waals surface area contributed by atoms with E-state index in [0.717, 1.165) is 64.2 Å². The van der Waals surface area contributed by atoms with Gasteiger partial charge in [-0.15, -0.1) is 0 Å². The van der Waals surface area contributed by atoms with Crippen molar-refractivity contribution in [1.82, 2.24) is 10.6 Å². The van der Waals surface area contributed by atoms with Crippen LogP contribution in [0.4, 0.5) is 9.59 Å². The van der Waals surface area contributed by atoms with Crippen LogP contribution in [-0.2, 0) is 19.1 Å². The van der Waals surface area contributed by atoms with Crippen LogP contribution in [0.15, 0.2) is 0 Å². The van der Waals surface area contributed by atoms with Crippen molar-refractivity contribution in [1.29, 1.82) is 0 Å². The molecule has 0 aromatic heterocycles. The Morgan fingerprint density at radius 3 is 1.18 bits per heavy atom. The van der Waals surface area contributed by atoms with Crippen LogP contribution < -0.4 is 10.6 Å². The summed E-state index contributed by atoms with van der Waals surface area (Å²) >= 11 is 0. The van der Waals surface area contributed by atoms with Crippen molar-refractivity contribution in [2.75, 3.05) is 11.5 Å². The molecule has 12 heteroatoms. The summed E-state index contributed by atoms with van der Waals surface area (Å²) in [5.41, 5.74) is -1.20. The summed E-state index contributed by atoms with van der Waals surface area (Å²) < 4.78 is 11.1. The molecule has 2 rings (SSSR count). The van der Waals surface area contributed by atoms with Crippen LogP contribution in [0.25, 0.3) is 0 Å². The topological polar surface area (TPSA) is 151 Å². The van der Waals surface area contributed by atoms with Crippen molar-refractivity contribution in [2.45, 2.75) is 142 Å². The van der Waals surface area contributed by atoms with Crippen LogP contribution in [0.3, 0.4) is 0 Å². The summed E-state index contributed by atoms with van der Waals surface area (Å²) in [7, 11) is 3.34. The summed E-state index contributed by atoms with van der Waals surface area (Å²) in [4.78, 5) is 47.6. The fourth-order valence-electron chi connectivity index (χ4n) is 6.19. The number of carbonyl (C=O) groups is 4. The van der Waals surface area contributed by atoms with Gasteiger partial charge in [-0.25, -0.2) is 9.59 Å². The molecule has 254 valence electrons. The molecular weight excluding hydrogens is 604 g/mol. The van der Waals surface area contributed by atoms with Gasteiger partial charge in [0.15, 0.2) is 0 Å². The first-order valence-corrected chi connectivity index (χ1v) is 18.6. The molecule has 2 amide bonds. The number of nitrogens with one attached hydrogen (secondary N) is 2. The van der Waals surface area contributed by atoms with Crippen molar-refractivity contribution in [3.63, 3.8) is 0 Å². The van der Waals surface area contributed by atoms with Gasteiger partial charge in [-0.3, -0.25) is 9.59 Å². The van der Waals surface area contributed by atoms with Crippen LogP contribution in [-0.4, -0.2) is 69.1 Å². The highest BCUT2D eigenvalue weighted by Gasteiger charge is 2.29. The number of hydrogen-bond acceptors (Lipinski definition) is 8. The number of rotatable bonds is 15. The molecule has 0 radical (unpaired) electrons. The average molecular weight is 661 g/mol. The minimum Gasteiger partial charge on any atom is -0.481 e. The monoisotopic (exact) mass is 660 g/mol. The normalized spacial score (nSPS) is 24.0. The predicted octanol–water partition coefficient (Wildman–Crippen LogP) is 7.50. The van der Waals surface area contributed by atoms with Gasteiger partial charge in [-0.1, -0.05) is 47.3 Å². The fraction of sp³-hybridized carbons (Fsp3) is 0.875. The van der Waals surface area contributed by atoms with Crippen molar-refractivity contribution in [3.8, 4) is 0 Å². The van der Waals surface area contributed by atoms with Crippen molar-refractivity contribution < 1.29 is 38.9 Å². The third kappa shape index (κ3) is 17.6. The molecule has 2 aliphatic rings. The van der Waals surface area contributed by atoms with Crippen molar-refractivity contribution in [3.05, 3.63) is 0 Å². The van der Waals surface area contributed by atoms with E-state index in [-0.39, 0.29) is 36.8 Å². The predicted molar refractivity (Wildman–Crippen MR) is 176 cm³/mol. The molecule has 0 heterocycles. The highest BCUT2D eigenvalue weighted by atomic mass is 33.1. The Morgan fingerprint density at radius 1 is 0.614 bits per heavy atom. The second-order valence-corrected chi connectivity index (χ2v) is 17.2. The van der Waals surface area contributed by atoms with Crippen LogP contribution >= 0.6 is 21.6 Å². The highest BCUT2D eigenvalue weighted by Crippen LogP contribution is 2.36. The van der Waals surface area contributed by atoms with Gasteiger partial charge < -0.3 is 30.3 Å². The third-order valence-corrected chi connectivity index (χ3v) is 10.7. The molecule has 2 aliphatic carbocycles. The van der Waals surface area contributed by atoms with Gasteiger partial charge in [0.05, 0.1) is 0 Å². The number of aliphatic carboxylic acids is 2. The first kappa shape index (κ1) is 38.4. The number of alkyl carbamates (subject to hydrolysis) is 2. The first-order valence-electron chi connectivity index (χ1n) is 16.1. The Balaban J connectivity index is 1.94. The maximum atomic E-state index is 12.7. The molecule has 0 aliphatic heterocycles. The second-order valence-electron chi connectivity index (χ2n) is 14.7. The number of ether oxygens (including phenoxy) is 2. The Kier molecular flexibility index (Phi) is 16.0. The van der Waals surface area contributed by atoms with E-state index in [4.69, 9.17) is 19.7 Å². The number of amides is 2. The molecule has 10 nitrogen and oxygen atoms in total. The van der Waals surface area contributed by atoms with E-state index in [1.165, 1.54) is 0 Å². The minimum atomic E-state index is -0.739. The zero-order valence-electron chi connectivity index (χ0n) is 27.5. The van der Waals surface area contributed by atoms with Crippen molar-refractivity contribution >= 4 is 45.7 Å². The summed E-state index contributed by atoms with van der Waals surface area (Å²) in [6, 6.07) is -0.185. The Morgan fingerprint density at radius 2 is 0.909 bits per heavy atom. The van der Waals surface area contributed by atoms with E-state index in [1.807, 2.05) is 41.5 Å². The zero-order valence-corrected chi connectivity index (χ0v) is 29.2. The summed E-state index contributed by atoms with van der Waals surface area (Å²) in [5, 5.41) is 24.4. The van der Waals surface area contributed by atoms with Crippen LogP contribution in [0.2, 0.25) is 0 Å². The molecule has 0 bridgehead atoms. The lowest BCUT2D eigenvalue weighted by Crippen LogP contribution is -2.42. The molecule has 2 saturated carbocycles. The Bertz CT molecular complexity index is 846. The Labute approximate surface area is 271 Å². The van der Waals surface area contributed by atoms with Gasteiger partial charge in [0, 0.05) is 36.4 Å². The maximum Gasteiger partial charge on any atom is 0.407 e. The number of carboxylic acids is 2. The Hall–Kier alpha value is -1.82. The molecule has 0 aromatic rings. The van der Waals surface area contributed by atoms with E-state index >= 15 is 0 Å². The molecule has 2 unspecified atom stereocenters. The van der Waals surface area contributed by atoms with Gasteiger partial charge in [0.25, 0.3) is 0 Å². The zero-order chi connectivity index (χ0) is 32.9. The molecule has 0 aromatic carbocycles. The number of carboxylic acid groups (broad SMARTS) is 2. The van der Waals surface area contributed by atoms with Crippen LogP contribution in [0.5, 0.6) is 0 Å². The molecular formula is C32H56N2O8S2. The summed E-state index contributed by atoms with van der Waals surface area (Å²) in [5.74, 6) is 1.18. The number of hydrogen-bond donors (Lipinski definition) is 4. The lowest BCUT2D eigenvalue weighted by atomic mass is 9.78. The van der Waals surface area contributed by atoms with E-state index in [1.54, 1.807) is 21.6 Å². The van der Waals surface area contributed by atoms with Crippen LogP contribution in [0.1, 0.15) is 119 Å². The largest absolute Gasteiger partial charge is 0.481 e. The van der Waals surface area contributed by atoms with E-state index in [0.29, 0.717) is 23.3 Å². The van der Waals surface area contributed by atoms with Gasteiger partial charge in [0.2, 0.25) is 0 Å².